The molecule has 4 atom stereocenters. The first-order valence-electron chi connectivity index (χ1n) is 14.8. The maximum absolute atomic E-state index is 15.7. The summed E-state index contributed by atoms with van der Waals surface area (Å²) < 4.78 is 49.4. The number of aliphatic hydroxyl groups is 1. The molecule has 242 valence electrons. The summed E-state index contributed by atoms with van der Waals surface area (Å²) in [5.41, 5.74) is 3.51. The Morgan fingerprint density at radius 3 is 2.61 bits per heavy atom. The summed E-state index contributed by atoms with van der Waals surface area (Å²) in [6, 6.07) is 3.29. The number of hydrogen-bond acceptors (Lipinski definition) is 10. The van der Waals surface area contributed by atoms with Crippen LogP contribution in [0.15, 0.2) is 35.3 Å². The first kappa shape index (κ1) is 29.9. The number of aromatic nitrogens is 1. The largest absolute Gasteiger partial charge is 0.487 e. The highest BCUT2D eigenvalue weighted by atomic mass is 19.1. The van der Waals surface area contributed by atoms with Gasteiger partial charge in [0.1, 0.15) is 48.0 Å². The van der Waals surface area contributed by atoms with Gasteiger partial charge in [-0.2, -0.15) is 0 Å². The number of cyclic esters (lactones) is 1. The monoisotopic (exact) mass is 640 g/mol. The molecule has 4 N–H and O–H groups in total. The van der Waals surface area contributed by atoms with Crippen molar-refractivity contribution in [1.29, 1.82) is 0 Å². The molecule has 13 nitrogen and oxygen atoms in total. The number of amides is 1. The molecule has 3 aliphatic heterocycles. The van der Waals surface area contributed by atoms with Crippen LogP contribution in [0.1, 0.15) is 42.6 Å². The number of anilines is 2. The zero-order chi connectivity index (χ0) is 32.7. The predicted molar refractivity (Wildman–Crippen MR) is 158 cm³/mol. The van der Waals surface area contributed by atoms with Gasteiger partial charge in [0.2, 0.25) is 5.43 Å². The first-order chi connectivity index (χ1) is 21.8. The molecule has 1 unspecified atom stereocenters. The molecule has 1 saturated carbocycles. The molecule has 0 bridgehead atoms. The second-order valence-electron chi connectivity index (χ2n) is 12.3. The van der Waals surface area contributed by atoms with E-state index >= 15 is 8.78 Å². The number of nitrogens with zero attached hydrogens (tertiary/aromatic N) is 3. The van der Waals surface area contributed by atoms with Crippen molar-refractivity contribution in [2.45, 2.75) is 56.0 Å². The Hall–Kier alpha value is -4.76. The maximum atomic E-state index is 15.7. The Bertz CT molecular complexity index is 1880. The lowest BCUT2D eigenvalue weighted by Gasteiger charge is -2.34. The number of carbonyl (C=O) groups is 3. The molecule has 1 aliphatic carbocycles. The molecule has 1 amide bonds. The number of benzene rings is 2. The Kier molecular flexibility index (Phi) is 6.93. The van der Waals surface area contributed by atoms with E-state index in [0.29, 0.717) is 5.52 Å². The molecule has 15 heteroatoms. The molecule has 0 spiro atoms. The summed E-state index contributed by atoms with van der Waals surface area (Å²) in [4.78, 5) is 51.5. The standard InChI is InChI=1S/C31H30F2N4O9/c1-14(38)24(34)23-10-36(30(42)46-23)16-4-5-22(20(32)6-16)45-13-31(43)8-17-11-44-28-25-18(7-21(33)26(28)37(17)12-31)27(39)19(29(40)41)9-35(25)15-2-3-15/h4-7,9,15,17,23-24,43H,2-3,8,10-13,34H2,1H3,(H,40,41)/t17-,23+,24?,31+/m1/s1. The van der Waals surface area contributed by atoms with E-state index in [-0.39, 0.29) is 72.8 Å². The summed E-state index contributed by atoms with van der Waals surface area (Å²) in [6.07, 6.45) is 1.26. The fourth-order valence-corrected chi connectivity index (χ4v) is 6.53. The fraction of sp³-hybridized carbons (Fsp3) is 0.419. The van der Waals surface area contributed by atoms with Gasteiger partial charge < -0.3 is 39.6 Å². The highest BCUT2D eigenvalue weighted by Gasteiger charge is 2.48. The Labute approximate surface area is 259 Å². The zero-order valence-corrected chi connectivity index (χ0v) is 24.6. The summed E-state index contributed by atoms with van der Waals surface area (Å²) in [6.45, 7) is 0.859. The number of nitrogens with two attached hydrogens (primary N) is 1. The van der Waals surface area contributed by atoms with E-state index < -0.39 is 58.5 Å². The molecule has 3 aromatic rings. The minimum absolute atomic E-state index is 0.0386. The van der Waals surface area contributed by atoms with Gasteiger partial charge in [-0.1, -0.05) is 0 Å². The Morgan fingerprint density at radius 2 is 1.93 bits per heavy atom. The molecule has 2 saturated heterocycles. The van der Waals surface area contributed by atoms with Crippen LogP contribution in [0, 0.1) is 11.6 Å². The van der Waals surface area contributed by atoms with E-state index in [4.69, 9.17) is 19.9 Å². The molecule has 4 heterocycles. The number of rotatable bonds is 8. The fourth-order valence-electron chi connectivity index (χ4n) is 6.53. The molecule has 3 fully saturated rings. The minimum Gasteiger partial charge on any atom is -0.487 e. The first-order valence-corrected chi connectivity index (χ1v) is 14.8. The van der Waals surface area contributed by atoms with E-state index in [1.54, 1.807) is 9.47 Å². The number of fused-ring (bicyclic) bond motifs is 5. The Balaban J connectivity index is 1.11. The molecular formula is C31H30F2N4O9. The summed E-state index contributed by atoms with van der Waals surface area (Å²) >= 11 is 0. The van der Waals surface area contributed by atoms with Crippen LogP contribution in [-0.4, -0.2) is 82.7 Å². The predicted octanol–water partition coefficient (Wildman–Crippen LogP) is 2.34. The Morgan fingerprint density at radius 1 is 1.17 bits per heavy atom. The van der Waals surface area contributed by atoms with Crippen molar-refractivity contribution in [3.63, 3.8) is 0 Å². The number of ether oxygens (including phenoxy) is 3. The van der Waals surface area contributed by atoms with Gasteiger partial charge in [-0.15, -0.1) is 0 Å². The van der Waals surface area contributed by atoms with Gasteiger partial charge in [0.05, 0.1) is 35.7 Å². The van der Waals surface area contributed by atoms with Gasteiger partial charge in [0.25, 0.3) is 0 Å². The van der Waals surface area contributed by atoms with E-state index in [1.807, 2.05) is 0 Å². The number of ketones is 1. The average molecular weight is 641 g/mol. The summed E-state index contributed by atoms with van der Waals surface area (Å²) in [5.74, 6) is -3.46. The van der Waals surface area contributed by atoms with Crippen LogP contribution in [0.25, 0.3) is 10.9 Å². The lowest BCUT2D eigenvalue weighted by molar-refractivity contribution is -0.120. The molecule has 7 rings (SSSR count). The number of hydrogen-bond donors (Lipinski definition) is 3. The van der Waals surface area contributed by atoms with Crippen LogP contribution in [0.2, 0.25) is 0 Å². The number of pyridine rings is 1. The van der Waals surface area contributed by atoms with Crippen molar-refractivity contribution in [2.75, 3.05) is 36.1 Å². The van der Waals surface area contributed by atoms with Crippen molar-refractivity contribution in [3.8, 4) is 11.5 Å². The average Bonchev–Trinajstić information content (AvgIpc) is 3.69. The van der Waals surface area contributed by atoms with Gasteiger partial charge in [-0.25, -0.2) is 18.4 Å². The van der Waals surface area contributed by atoms with Crippen LogP contribution in [-0.2, 0) is 9.53 Å². The van der Waals surface area contributed by atoms with Crippen LogP contribution in [0.3, 0.4) is 0 Å². The second kappa shape index (κ2) is 10.7. The van der Waals surface area contributed by atoms with E-state index in [0.717, 1.165) is 29.9 Å². The summed E-state index contributed by atoms with van der Waals surface area (Å²) in [7, 11) is 0. The number of Topliss-reactive ketones (excluding diaryl/α,β-unsaturated/α-hetero) is 1. The molecule has 0 radical (unpaired) electrons. The molecule has 4 aliphatic rings. The van der Waals surface area contributed by atoms with Gasteiger partial charge in [0, 0.05) is 24.7 Å². The lowest BCUT2D eigenvalue weighted by Crippen LogP contribution is -2.43. The summed E-state index contributed by atoms with van der Waals surface area (Å²) in [5, 5.41) is 21.0. The smallest absolute Gasteiger partial charge is 0.414 e. The number of carboxylic acid groups (broad SMARTS) is 1. The third-order valence-electron chi connectivity index (χ3n) is 9.03. The van der Waals surface area contributed by atoms with Crippen molar-refractivity contribution in [3.05, 3.63) is 57.9 Å². The molecule has 2 aromatic carbocycles. The van der Waals surface area contributed by atoms with Crippen LogP contribution in [0.4, 0.5) is 25.0 Å². The molecule has 46 heavy (non-hydrogen) atoms. The number of halogens is 2. The van der Waals surface area contributed by atoms with E-state index in [2.05, 4.69) is 0 Å². The third kappa shape index (κ3) is 4.90. The number of carboxylic acids is 1. The third-order valence-corrected chi connectivity index (χ3v) is 9.03. The van der Waals surface area contributed by atoms with Crippen molar-refractivity contribution in [2.24, 2.45) is 5.73 Å². The highest BCUT2D eigenvalue weighted by molar-refractivity contribution is 5.97. The number of aromatic carboxylic acids is 1. The highest BCUT2D eigenvalue weighted by Crippen LogP contribution is 2.48. The van der Waals surface area contributed by atoms with Crippen molar-refractivity contribution < 1.29 is 47.6 Å². The van der Waals surface area contributed by atoms with Crippen LogP contribution in [0.5, 0.6) is 11.5 Å². The van der Waals surface area contributed by atoms with Crippen LogP contribution < -0.4 is 30.4 Å². The maximum Gasteiger partial charge on any atom is 0.414 e. The second-order valence-corrected chi connectivity index (χ2v) is 12.3. The molecular weight excluding hydrogens is 610 g/mol. The van der Waals surface area contributed by atoms with Crippen molar-refractivity contribution >= 4 is 40.1 Å². The SMILES string of the molecule is CC(=O)C(N)[C@@H]1CN(c2ccc(OC[C@]3(O)C[C@@H]4COc5c(c(F)cc6c(=O)c(C(=O)O)cn(C7CC7)c56)N4C3)c(F)c2)C(=O)O1. The quantitative estimate of drug-likeness (QED) is 0.330. The van der Waals surface area contributed by atoms with E-state index in [9.17, 15) is 29.4 Å². The van der Waals surface area contributed by atoms with E-state index in [1.165, 1.54) is 25.3 Å². The minimum atomic E-state index is -1.54. The lowest BCUT2D eigenvalue weighted by atomic mass is 10.0. The normalized spacial score (nSPS) is 24.3. The zero-order valence-electron chi connectivity index (χ0n) is 24.6. The van der Waals surface area contributed by atoms with Gasteiger partial charge >= 0.3 is 12.1 Å². The van der Waals surface area contributed by atoms with Crippen LogP contribution >= 0.6 is 0 Å². The van der Waals surface area contributed by atoms with Crippen molar-refractivity contribution in [1.82, 2.24) is 4.57 Å². The topological polar surface area (TPSA) is 174 Å². The van der Waals surface area contributed by atoms with Gasteiger partial charge in [-0.05, 0) is 38.0 Å². The number of carbonyl (C=O) groups excluding carboxylic acids is 2. The van der Waals surface area contributed by atoms with Gasteiger partial charge in [-0.3, -0.25) is 14.5 Å². The molecule has 1 aromatic heterocycles. The van der Waals surface area contributed by atoms with Gasteiger partial charge in [0.15, 0.2) is 23.1 Å².